The SMILES string of the molecule is CC(C)(C)N1CCc2[nH]cnc2C1(C)c1ccccc1. The molecule has 0 amide bonds. The molecule has 0 radical (unpaired) electrons. The van der Waals surface area contributed by atoms with E-state index in [1.54, 1.807) is 0 Å². The van der Waals surface area contributed by atoms with Crippen LogP contribution < -0.4 is 0 Å². The van der Waals surface area contributed by atoms with Crippen LogP contribution >= 0.6 is 0 Å². The molecule has 0 fully saturated rings. The Bertz CT molecular complexity index is 594. The topological polar surface area (TPSA) is 31.9 Å². The number of nitrogens with zero attached hydrogens (tertiary/aromatic N) is 2. The fourth-order valence-corrected chi connectivity index (χ4v) is 3.57. The minimum Gasteiger partial charge on any atom is -0.348 e. The molecule has 3 heteroatoms. The van der Waals surface area contributed by atoms with Crippen molar-refractivity contribution in [1.29, 1.82) is 0 Å². The second-order valence-corrected chi connectivity index (χ2v) is 6.74. The third-order valence-corrected chi connectivity index (χ3v) is 4.45. The van der Waals surface area contributed by atoms with Crippen LogP contribution in [0.3, 0.4) is 0 Å². The highest BCUT2D eigenvalue weighted by Gasteiger charge is 2.46. The number of imidazole rings is 1. The summed E-state index contributed by atoms with van der Waals surface area (Å²) in [5.74, 6) is 0. The standard InChI is InChI=1S/C17H23N3/c1-16(2,3)20-11-10-14-15(19-12-18-14)17(20,4)13-8-6-5-7-9-13/h5-9,12H,10-11H2,1-4H3,(H,18,19). The third kappa shape index (κ3) is 1.88. The van der Waals surface area contributed by atoms with Crippen molar-refractivity contribution in [3.05, 3.63) is 53.6 Å². The monoisotopic (exact) mass is 269 g/mol. The van der Waals surface area contributed by atoms with Gasteiger partial charge in [0.25, 0.3) is 0 Å². The molecule has 0 aliphatic carbocycles. The van der Waals surface area contributed by atoms with Crippen molar-refractivity contribution in [3.63, 3.8) is 0 Å². The first-order chi connectivity index (χ1) is 9.44. The Kier molecular flexibility index (Phi) is 2.98. The maximum atomic E-state index is 4.65. The number of fused-ring (bicyclic) bond motifs is 1. The summed E-state index contributed by atoms with van der Waals surface area (Å²) in [6.07, 6.45) is 2.87. The van der Waals surface area contributed by atoms with Gasteiger partial charge in [-0.15, -0.1) is 0 Å². The molecule has 0 bridgehead atoms. The van der Waals surface area contributed by atoms with E-state index in [0.29, 0.717) is 0 Å². The lowest BCUT2D eigenvalue weighted by molar-refractivity contribution is 0.0269. The molecule has 1 aromatic heterocycles. The zero-order valence-corrected chi connectivity index (χ0v) is 12.8. The second kappa shape index (κ2) is 4.45. The van der Waals surface area contributed by atoms with E-state index in [1.165, 1.54) is 17.0 Å². The van der Waals surface area contributed by atoms with Gasteiger partial charge in [-0.2, -0.15) is 0 Å². The Morgan fingerprint density at radius 1 is 1.20 bits per heavy atom. The van der Waals surface area contributed by atoms with Gasteiger partial charge in [0.2, 0.25) is 0 Å². The number of aromatic amines is 1. The first kappa shape index (κ1) is 13.4. The molecule has 1 aromatic carbocycles. The predicted molar refractivity (Wildman–Crippen MR) is 81.6 cm³/mol. The second-order valence-electron chi connectivity index (χ2n) is 6.74. The van der Waals surface area contributed by atoms with E-state index in [2.05, 4.69) is 72.9 Å². The Balaban J connectivity index is 2.21. The normalized spacial score (nSPS) is 23.6. The van der Waals surface area contributed by atoms with Crippen LogP contribution in [0.2, 0.25) is 0 Å². The van der Waals surface area contributed by atoms with Crippen molar-refractivity contribution in [2.45, 2.75) is 45.2 Å². The van der Waals surface area contributed by atoms with Gasteiger partial charge in [0.15, 0.2) is 0 Å². The fraction of sp³-hybridized carbons (Fsp3) is 0.471. The molecule has 1 aliphatic rings. The Morgan fingerprint density at radius 2 is 1.90 bits per heavy atom. The summed E-state index contributed by atoms with van der Waals surface area (Å²) in [7, 11) is 0. The van der Waals surface area contributed by atoms with Gasteiger partial charge in [0.1, 0.15) is 0 Å². The van der Waals surface area contributed by atoms with Crippen molar-refractivity contribution in [1.82, 2.24) is 14.9 Å². The van der Waals surface area contributed by atoms with Gasteiger partial charge in [-0.3, -0.25) is 4.90 Å². The number of hydrogen-bond acceptors (Lipinski definition) is 2. The molecule has 2 aromatic rings. The van der Waals surface area contributed by atoms with Crippen LogP contribution in [0.4, 0.5) is 0 Å². The summed E-state index contributed by atoms with van der Waals surface area (Å²) >= 11 is 0. The quantitative estimate of drug-likeness (QED) is 0.861. The zero-order valence-electron chi connectivity index (χ0n) is 12.8. The third-order valence-electron chi connectivity index (χ3n) is 4.45. The van der Waals surface area contributed by atoms with Gasteiger partial charge in [-0.05, 0) is 33.3 Å². The molecule has 3 nitrogen and oxygen atoms in total. The lowest BCUT2D eigenvalue weighted by Crippen LogP contribution is -2.57. The molecule has 3 rings (SSSR count). The van der Waals surface area contributed by atoms with Crippen LogP contribution in [-0.4, -0.2) is 27.0 Å². The van der Waals surface area contributed by atoms with E-state index in [-0.39, 0.29) is 11.1 Å². The van der Waals surface area contributed by atoms with E-state index in [9.17, 15) is 0 Å². The molecule has 20 heavy (non-hydrogen) atoms. The van der Waals surface area contributed by atoms with Gasteiger partial charge in [-0.25, -0.2) is 4.98 Å². The molecule has 2 heterocycles. The van der Waals surface area contributed by atoms with Crippen LogP contribution in [0.1, 0.15) is 44.6 Å². The minimum atomic E-state index is -0.174. The number of nitrogens with one attached hydrogen (secondary N) is 1. The summed E-state index contributed by atoms with van der Waals surface area (Å²) in [5.41, 5.74) is 3.68. The average Bonchev–Trinajstić information content (AvgIpc) is 2.88. The number of H-pyrrole nitrogens is 1. The van der Waals surface area contributed by atoms with Crippen LogP contribution in [0.25, 0.3) is 0 Å². The zero-order chi connectivity index (χ0) is 14.4. The average molecular weight is 269 g/mol. The Morgan fingerprint density at radius 3 is 2.55 bits per heavy atom. The first-order valence-electron chi connectivity index (χ1n) is 7.30. The van der Waals surface area contributed by atoms with E-state index >= 15 is 0 Å². The largest absolute Gasteiger partial charge is 0.348 e. The van der Waals surface area contributed by atoms with Crippen molar-refractivity contribution in [3.8, 4) is 0 Å². The first-order valence-corrected chi connectivity index (χ1v) is 7.30. The number of aromatic nitrogens is 2. The number of hydrogen-bond donors (Lipinski definition) is 1. The van der Waals surface area contributed by atoms with Crippen molar-refractivity contribution in [2.24, 2.45) is 0 Å². The highest BCUT2D eigenvalue weighted by molar-refractivity contribution is 5.39. The summed E-state index contributed by atoms with van der Waals surface area (Å²) in [5, 5.41) is 0. The van der Waals surface area contributed by atoms with Gasteiger partial charge in [0, 0.05) is 24.2 Å². The van der Waals surface area contributed by atoms with E-state index in [1.807, 2.05) is 6.33 Å². The van der Waals surface area contributed by atoms with E-state index in [0.717, 1.165) is 13.0 Å². The maximum Gasteiger partial charge on any atom is 0.0926 e. The fourth-order valence-electron chi connectivity index (χ4n) is 3.57. The van der Waals surface area contributed by atoms with Gasteiger partial charge in [0.05, 0.1) is 17.6 Å². The molecule has 106 valence electrons. The summed E-state index contributed by atoms with van der Waals surface area (Å²) in [6, 6.07) is 10.7. The van der Waals surface area contributed by atoms with Crippen LogP contribution in [0.5, 0.6) is 0 Å². The highest BCUT2D eigenvalue weighted by Crippen LogP contribution is 2.42. The Labute approximate surface area is 121 Å². The smallest absolute Gasteiger partial charge is 0.0926 e. The molecule has 1 aliphatic heterocycles. The summed E-state index contributed by atoms with van der Waals surface area (Å²) in [6.45, 7) is 10.2. The predicted octanol–water partition coefficient (Wildman–Crippen LogP) is 3.33. The van der Waals surface area contributed by atoms with Gasteiger partial charge >= 0.3 is 0 Å². The van der Waals surface area contributed by atoms with Crippen molar-refractivity contribution >= 4 is 0 Å². The molecular formula is C17H23N3. The minimum absolute atomic E-state index is 0.0984. The molecular weight excluding hydrogens is 246 g/mol. The summed E-state index contributed by atoms with van der Waals surface area (Å²) < 4.78 is 0. The number of rotatable bonds is 1. The molecule has 0 saturated carbocycles. The van der Waals surface area contributed by atoms with E-state index in [4.69, 9.17) is 0 Å². The Hall–Kier alpha value is -1.61. The van der Waals surface area contributed by atoms with Crippen LogP contribution in [0, 0.1) is 0 Å². The van der Waals surface area contributed by atoms with Crippen LogP contribution in [-0.2, 0) is 12.0 Å². The molecule has 1 atom stereocenters. The summed E-state index contributed by atoms with van der Waals surface area (Å²) in [4.78, 5) is 10.5. The molecule has 1 unspecified atom stereocenters. The number of benzene rings is 1. The lowest BCUT2D eigenvalue weighted by Gasteiger charge is -2.51. The van der Waals surface area contributed by atoms with Crippen LogP contribution in [0.15, 0.2) is 36.7 Å². The molecule has 0 spiro atoms. The maximum absolute atomic E-state index is 4.65. The van der Waals surface area contributed by atoms with Gasteiger partial charge in [-0.1, -0.05) is 30.3 Å². The van der Waals surface area contributed by atoms with Crippen molar-refractivity contribution in [2.75, 3.05) is 6.54 Å². The lowest BCUT2D eigenvalue weighted by atomic mass is 9.79. The highest BCUT2D eigenvalue weighted by atomic mass is 15.3. The van der Waals surface area contributed by atoms with E-state index < -0.39 is 0 Å². The van der Waals surface area contributed by atoms with Gasteiger partial charge < -0.3 is 4.98 Å². The van der Waals surface area contributed by atoms with Crippen molar-refractivity contribution < 1.29 is 0 Å². The molecule has 1 N–H and O–H groups in total. The molecule has 0 saturated heterocycles.